The van der Waals surface area contributed by atoms with E-state index in [1.54, 1.807) is 24.3 Å². The summed E-state index contributed by atoms with van der Waals surface area (Å²) in [5, 5.41) is 0. The summed E-state index contributed by atoms with van der Waals surface area (Å²) < 4.78 is 33.3. The highest BCUT2D eigenvalue weighted by Crippen LogP contribution is 2.31. The highest BCUT2D eigenvalue weighted by atomic mass is 79.9. The van der Waals surface area contributed by atoms with Gasteiger partial charge in [-0.05, 0) is 65.0 Å². The summed E-state index contributed by atoms with van der Waals surface area (Å²) >= 11 is 4.49. The molecule has 0 N–H and O–H groups in total. The number of piperidine rings is 1. The van der Waals surface area contributed by atoms with Crippen LogP contribution in [0.3, 0.4) is 0 Å². The minimum Gasteiger partial charge on any atom is -0.426 e. The number of thiophene rings is 1. The first-order valence-corrected chi connectivity index (χ1v) is 11.5. The standard InChI is InChI=1S/C18H20BrNO4S2/c1-2-13-3-5-15(6-4-13)24-18(21)14-9-11-20(12-10-14)26(22,23)17-8-7-16(19)25-17/h3-8,14H,2,9-12H2,1H3. The lowest BCUT2D eigenvalue weighted by Gasteiger charge is -2.29. The van der Waals surface area contributed by atoms with Crippen LogP contribution in [0, 0.1) is 5.92 Å². The SMILES string of the molecule is CCc1ccc(OC(=O)C2CCN(S(=O)(=O)c3ccc(Br)s3)CC2)cc1. The second-order valence-electron chi connectivity index (χ2n) is 6.16. The quantitative estimate of drug-likeness (QED) is 0.501. The molecule has 0 bridgehead atoms. The van der Waals surface area contributed by atoms with E-state index in [1.165, 1.54) is 21.2 Å². The van der Waals surface area contributed by atoms with Crippen molar-refractivity contribution in [3.05, 3.63) is 45.7 Å². The van der Waals surface area contributed by atoms with Gasteiger partial charge < -0.3 is 4.74 Å². The van der Waals surface area contributed by atoms with Crippen molar-refractivity contribution in [1.82, 2.24) is 4.31 Å². The topological polar surface area (TPSA) is 63.7 Å². The van der Waals surface area contributed by atoms with Gasteiger partial charge in [-0.15, -0.1) is 11.3 Å². The highest BCUT2D eigenvalue weighted by Gasteiger charge is 2.33. The fourth-order valence-corrected chi connectivity index (χ4v) is 6.52. The monoisotopic (exact) mass is 457 g/mol. The third-order valence-corrected chi connectivity index (χ3v) is 8.47. The Hall–Kier alpha value is -1.22. The summed E-state index contributed by atoms with van der Waals surface area (Å²) in [6.45, 7) is 2.72. The van der Waals surface area contributed by atoms with Crippen LogP contribution >= 0.6 is 27.3 Å². The first-order chi connectivity index (χ1) is 12.4. The van der Waals surface area contributed by atoms with E-state index < -0.39 is 10.0 Å². The fourth-order valence-electron chi connectivity index (χ4n) is 2.89. The number of rotatable bonds is 5. The van der Waals surface area contributed by atoms with E-state index in [0.717, 1.165) is 10.2 Å². The van der Waals surface area contributed by atoms with Crippen molar-refractivity contribution in [2.24, 2.45) is 5.92 Å². The number of ether oxygens (including phenoxy) is 1. The second-order valence-corrected chi connectivity index (χ2v) is 10.8. The zero-order chi connectivity index (χ0) is 18.7. The number of aryl methyl sites for hydroxylation is 1. The van der Waals surface area contributed by atoms with Gasteiger partial charge in [-0.1, -0.05) is 19.1 Å². The molecule has 0 atom stereocenters. The molecule has 140 valence electrons. The van der Waals surface area contributed by atoms with Crippen LogP contribution < -0.4 is 4.74 Å². The summed E-state index contributed by atoms with van der Waals surface area (Å²) in [5.74, 6) is -0.0294. The minimum absolute atomic E-state index is 0.276. The Labute approximate surface area is 166 Å². The molecule has 2 aromatic rings. The number of carbonyl (C=O) groups is 1. The Bertz CT molecular complexity index is 869. The van der Waals surface area contributed by atoms with E-state index in [1.807, 2.05) is 12.1 Å². The molecule has 0 unspecified atom stereocenters. The highest BCUT2D eigenvalue weighted by molar-refractivity contribution is 9.11. The molecule has 5 nitrogen and oxygen atoms in total. The number of esters is 1. The maximum atomic E-state index is 12.6. The first-order valence-electron chi connectivity index (χ1n) is 8.46. The number of hydrogen-bond acceptors (Lipinski definition) is 5. The summed E-state index contributed by atoms with van der Waals surface area (Å²) in [6, 6.07) is 10.8. The zero-order valence-electron chi connectivity index (χ0n) is 14.4. The summed E-state index contributed by atoms with van der Waals surface area (Å²) in [5.41, 5.74) is 1.18. The normalized spacial score (nSPS) is 16.5. The van der Waals surface area contributed by atoms with Crippen LogP contribution in [0.4, 0.5) is 0 Å². The van der Waals surface area contributed by atoms with E-state index in [2.05, 4.69) is 22.9 Å². The molecule has 2 heterocycles. The van der Waals surface area contributed by atoms with Gasteiger partial charge >= 0.3 is 5.97 Å². The third kappa shape index (κ3) is 4.36. The van der Waals surface area contributed by atoms with Crippen LogP contribution in [0.2, 0.25) is 0 Å². The molecule has 1 aliphatic rings. The van der Waals surface area contributed by atoms with E-state index in [9.17, 15) is 13.2 Å². The molecule has 3 rings (SSSR count). The van der Waals surface area contributed by atoms with E-state index in [0.29, 0.717) is 35.9 Å². The van der Waals surface area contributed by atoms with Gasteiger partial charge in [0.1, 0.15) is 9.96 Å². The lowest BCUT2D eigenvalue weighted by Crippen LogP contribution is -2.40. The lowest BCUT2D eigenvalue weighted by atomic mass is 9.98. The van der Waals surface area contributed by atoms with Crippen molar-refractivity contribution in [3.8, 4) is 5.75 Å². The number of benzene rings is 1. The van der Waals surface area contributed by atoms with Crippen molar-refractivity contribution in [2.75, 3.05) is 13.1 Å². The Balaban J connectivity index is 1.58. The number of halogens is 1. The minimum atomic E-state index is -3.49. The third-order valence-electron chi connectivity index (χ3n) is 4.48. The Morgan fingerprint density at radius 2 is 1.85 bits per heavy atom. The molecule has 8 heteroatoms. The van der Waals surface area contributed by atoms with E-state index in [-0.39, 0.29) is 11.9 Å². The number of hydrogen-bond donors (Lipinski definition) is 0. The van der Waals surface area contributed by atoms with Crippen LogP contribution in [0.25, 0.3) is 0 Å². The van der Waals surface area contributed by atoms with Gasteiger partial charge in [0, 0.05) is 13.1 Å². The molecule has 0 radical (unpaired) electrons. The predicted octanol–water partition coefficient (Wildman–Crippen LogP) is 4.08. The summed E-state index contributed by atoms with van der Waals surface area (Å²) in [4.78, 5) is 12.4. The largest absolute Gasteiger partial charge is 0.426 e. The van der Waals surface area contributed by atoms with Gasteiger partial charge in [0.2, 0.25) is 0 Å². The smallest absolute Gasteiger partial charge is 0.314 e. The molecule has 0 aliphatic carbocycles. The Kier molecular flexibility index (Phi) is 6.17. The zero-order valence-corrected chi connectivity index (χ0v) is 17.6. The molecule has 1 aliphatic heterocycles. The average Bonchev–Trinajstić information content (AvgIpc) is 3.10. The predicted molar refractivity (Wildman–Crippen MR) is 105 cm³/mol. The first kappa shape index (κ1) is 19.5. The van der Waals surface area contributed by atoms with Crippen LogP contribution in [0.15, 0.2) is 44.4 Å². The maximum absolute atomic E-state index is 12.6. The summed E-state index contributed by atoms with van der Waals surface area (Å²) in [7, 11) is -3.49. The molecule has 1 aromatic carbocycles. The van der Waals surface area contributed by atoms with Gasteiger partial charge in [0.25, 0.3) is 10.0 Å². The van der Waals surface area contributed by atoms with Crippen LogP contribution in [-0.2, 0) is 21.2 Å². The molecule has 1 aromatic heterocycles. The van der Waals surface area contributed by atoms with Gasteiger partial charge in [0.05, 0.1) is 9.70 Å². The molecule has 26 heavy (non-hydrogen) atoms. The maximum Gasteiger partial charge on any atom is 0.314 e. The summed E-state index contributed by atoms with van der Waals surface area (Å²) in [6.07, 6.45) is 1.87. The van der Waals surface area contributed by atoms with Gasteiger partial charge in [-0.3, -0.25) is 4.79 Å². The van der Waals surface area contributed by atoms with Crippen LogP contribution in [0.5, 0.6) is 5.75 Å². The molecule has 1 saturated heterocycles. The van der Waals surface area contributed by atoms with Gasteiger partial charge in [0.15, 0.2) is 0 Å². The molecular weight excluding hydrogens is 438 g/mol. The van der Waals surface area contributed by atoms with Crippen molar-refractivity contribution < 1.29 is 17.9 Å². The Morgan fingerprint density at radius 1 is 1.19 bits per heavy atom. The molecule has 1 fully saturated rings. The van der Waals surface area contributed by atoms with Gasteiger partial charge in [-0.2, -0.15) is 4.31 Å². The number of carbonyl (C=O) groups excluding carboxylic acids is 1. The second kappa shape index (κ2) is 8.21. The molecule has 0 saturated carbocycles. The number of sulfonamides is 1. The van der Waals surface area contributed by atoms with Crippen LogP contribution in [-0.4, -0.2) is 31.8 Å². The lowest BCUT2D eigenvalue weighted by molar-refractivity contribution is -0.140. The van der Waals surface area contributed by atoms with Crippen molar-refractivity contribution in [2.45, 2.75) is 30.4 Å². The van der Waals surface area contributed by atoms with Crippen molar-refractivity contribution in [3.63, 3.8) is 0 Å². The number of nitrogens with zero attached hydrogens (tertiary/aromatic N) is 1. The molecular formula is C18H20BrNO4S2. The van der Waals surface area contributed by atoms with E-state index >= 15 is 0 Å². The fraction of sp³-hybridized carbons (Fsp3) is 0.389. The average molecular weight is 458 g/mol. The van der Waals surface area contributed by atoms with E-state index in [4.69, 9.17) is 4.74 Å². The molecule has 0 spiro atoms. The van der Waals surface area contributed by atoms with Gasteiger partial charge in [-0.25, -0.2) is 8.42 Å². The Morgan fingerprint density at radius 3 is 2.38 bits per heavy atom. The van der Waals surface area contributed by atoms with Crippen molar-refractivity contribution in [1.29, 1.82) is 0 Å². The van der Waals surface area contributed by atoms with Crippen molar-refractivity contribution >= 4 is 43.3 Å². The molecule has 0 amide bonds. The van der Waals surface area contributed by atoms with Crippen LogP contribution in [0.1, 0.15) is 25.3 Å².